The lowest BCUT2D eigenvalue weighted by Crippen LogP contribution is -2.02. The van der Waals surface area contributed by atoms with E-state index in [4.69, 9.17) is 10.00 Å². The third kappa shape index (κ3) is 2.92. The molecule has 1 N–H and O–H groups in total. The first-order chi connectivity index (χ1) is 8.81. The zero-order chi connectivity index (χ0) is 12.8. The van der Waals surface area contributed by atoms with Crippen molar-refractivity contribution in [3.8, 4) is 11.9 Å². The molecular weight excluding hydrogens is 230 g/mol. The van der Waals surface area contributed by atoms with E-state index in [9.17, 15) is 0 Å². The molecule has 0 saturated carbocycles. The molecule has 2 heterocycles. The van der Waals surface area contributed by atoms with Crippen LogP contribution in [0.15, 0.2) is 30.7 Å². The van der Waals surface area contributed by atoms with Crippen LogP contribution in [0.25, 0.3) is 0 Å². The number of hydrogen-bond donors (Lipinski definition) is 1. The minimum absolute atomic E-state index is 0.298. The van der Waals surface area contributed by atoms with E-state index in [-0.39, 0.29) is 0 Å². The Kier molecular flexibility index (Phi) is 3.66. The summed E-state index contributed by atoms with van der Waals surface area (Å²) in [4.78, 5) is 12.1. The number of aromatic nitrogens is 3. The van der Waals surface area contributed by atoms with Crippen LogP contribution in [0.3, 0.4) is 0 Å². The fourth-order valence-corrected chi connectivity index (χ4v) is 1.31. The Bertz CT molecular complexity index is 544. The van der Waals surface area contributed by atoms with Gasteiger partial charge in [-0.2, -0.15) is 5.26 Å². The van der Waals surface area contributed by atoms with Gasteiger partial charge in [0, 0.05) is 18.8 Å². The van der Waals surface area contributed by atoms with Crippen LogP contribution >= 0.6 is 0 Å². The molecule has 0 unspecified atom stereocenters. The average Bonchev–Trinajstić information content (AvgIpc) is 2.46. The van der Waals surface area contributed by atoms with Crippen molar-refractivity contribution in [3.63, 3.8) is 0 Å². The maximum absolute atomic E-state index is 8.59. The van der Waals surface area contributed by atoms with E-state index in [0.717, 1.165) is 5.56 Å². The van der Waals surface area contributed by atoms with Crippen LogP contribution in [0.4, 0.5) is 5.82 Å². The number of methoxy groups -OCH3 is 1. The highest BCUT2D eigenvalue weighted by molar-refractivity contribution is 5.34. The van der Waals surface area contributed by atoms with Gasteiger partial charge in [-0.05, 0) is 5.56 Å². The van der Waals surface area contributed by atoms with Crippen LogP contribution < -0.4 is 10.1 Å². The zero-order valence-corrected chi connectivity index (χ0v) is 9.79. The summed E-state index contributed by atoms with van der Waals surface area (Å²) in [6.45, 7) is 0.581. The molecule has 0 fully saturated rings. The Hall–Kier alpha value is -2.68. The average molecular weight is 241 g/mol. The fraction of sp³-hybridized carbons (Fsp3) is 0.167. The summed E-state index contributed by atoms with van der Waals surface area (Å²) in [6.07, 6.45) is 4.67. The molecule has 0 radical (unpaired) electrons. The van der Waals surface area contributed by atoms with E-state index in [1.54, 1.807) is 19.4 Å². The zero-order valence-electron chi connectivity index (χ0n) is 9.79. The quantitative estimate of drug-likeness (QED) is 0.870. The van der Waals surface area contributed by atoms with Crippen molar-refractivity contribution in [2.75, 3.05) is 12.4 Å². The van der Waals surface area contributed by atoms with Gasteiger partial charge >= 0.3 is 0 Å². The van der Waals surface area contributed by atoms with Gasteiger partial charge in [0.15, 0.2) is 5.69 Å². The molecule has 6 nitrogen and oxygen atoms in total. The summed E-state index contributed by atoms with van der Waals surface area (Å²) >= 11 is 0. The van der Waals surface area contributed by atoms with Crippen molar-refractivity contribution in [3.05, 3.63) is 42.0 Å². The maximum Gasteiger partial charge on any atom is 0.212 e. The molecule has 0 bridgehead atoms. The molecule has 2 rings (SSSR count). The Balaban J connectivity index is 1.95. The molecule has 18 heavy (non-hydrogen) atoms. The Morgan fingerprint density at radius 3 is 2.67 bits per heavy atom. The van der Waals surface area contributed by atoms with Crippen LogP contribution in [0, 0.1) is 11.3 Å². The van der Waals surface area contributed by atoms with Gasteiger partial charge in [-0.3, -0.25) is 0 Å². The minimum atomic E-state index is 0.298. The van der Waals surface area contributed by atoms with E-state index in [2.05, 4.69) is 20.3 Å². The first-order valence-electron chi connectivity index (χ1n) is 5.27. The van der Waals surface area contributed by atoms with Crippen molar-refractivity contribution >= 4 is 5.82 Å². The molecule has 6 heteroatoms. The summed E-state index contributed by atoms with van der Waals surface area (Å²) < 4.78 is 4.97. The predicted molar refractivity (Wildman–Crippen MR) is 64.9 cm³/mol. The molecule has 0 spiro atoms. The van der Waals surface area contributed by atoms with E-state index in [0.29, 0.717) is 23.9 Å². The normalized spacial score (nSPS) is 9.56. The van der Waals surface area contributed by atoms with Gasteiger partial charge in [-0.15, -0.1) is 0 Å². The number of anilines is 1. The van der Waals surface area contributed by atoms with E-state index < -0.39 is 0 Å². The van der Waals surface area contributed by atoms with Crippen LogP contribution in [0.5, 0.6) is 5.88 Å². The molecular formula is C12H11N5O. The molecule has 0 aromatic carbocycles. The summed E-state index contributed by atoms with van der Waals surface area (Å²) in [5.74, 6) is 1.20. The van der Waals surface area contributed by atoms with E-state index in [1.807, 2.05) is 12.1 Å². The SMILES string of the molecule is COc1ccc(CNc2cnc(C#N)cn2)cn1. The second-order valence-electron chi connectivity index (χ2n) is 3.46. The van der Waals surface area contributed by atoms with Gasteiger partial charge < -0.3 is 10.1 Å². The monoisotopic (exact) mass is 241 g/mol. The molecule has 2 aromatic heterocycles. The number of ether oxygens (including phenoxy) is 1. The van der Waals surface area contributed by atoms with Gasteiger partial charge in [0.1, 0.15) is 11.9 Å². The van der Waals surface area contributed by atoms with Gasteiger partial charge in [-0.1, -0.05) is 6.07 Å². The van der Waals surface area contributed by atoms with E-state index in [1.165, 1.54) is 12.4 Å². The van der Waals surface area contributed by atoms with Crippen LogP contribution in [0.1, 0.15) is 11.3 Å². The first-order valence-corrected chi connectivity index (χ1v) is 5.27. The maximum atomic E-state index is 8.59. The highest BCUT2D eigenvalue weighted by atomic mass is 16.5. The number of nitriles is 1. The number of rotatable bonds is 4. The number of nitrogens with one attached hydrogen (secondary N) is 1. The van der Waals surface area contributed by atoms with Gasteiger partial charge in [0.05, 0.1) is 19.5 Å². The Labute approximate surface area is 104 Å². The van der Waals surface area contributed by atoms with Crippen molar-refractivity contribution in [2.24, 2.45) is 0 Å². The summed E-state index contributed by atoms with van der Waals surface area (Å²) in [6, 6.07) is 5.62. The van der Waals surface area contributed by atoms with Crippen molar-refractivity contribution in [1.29, 1.82) is 5.26 Å². The predicted octanol–water partition coefficient (Wildman–Crippen LogP) is 1.36. The fourth-order valence-electron chi connectivity index (χ4n) is 1.31. The second-order valence-corrected chi connectivity index (χ2v) is 3.46. The Morgan fingerprint density at radius 1 is 1.22 bits per heavy atom. The number of hydrogen-bond acceptors (Lipinski definition) is 6. The van der Waals surface area contributed by atoms with Crippen LogP contribution in [-0.2, 0) is 6.54 Å². The van der Waals surface area contributed by atoms with Gasteiger partial charge in [0.25, 0.3) is 0 Å². The molecule has 0 saturated heterocycles. The smallest absolute Gasteiger partial charge is 0.212 e. The lowest BCUT2D eigenvalue weighted by Gasteiger charge is -2.05. The van der Waals surface area contributed by atoms with Crippen LogP contribution in [-0.4, -0.2) is 22.1 Å². The molecule has 0 aliphatic carbocycles. The number of nitrogens with zero attached hydrogens (tertiary/aromatic N) is 4. The molecule has 0 aliphatic heterocycles. The highest BCUT2D eigenvalue weighted by Gasteiger charge is 1.98. The molecule has 0 aliphatic rings. The van der Waals surface area contributed by atoms with Crippen molar-refractivity contribution in [2.45, 2.75) is 6.54 Å². The molecule has 2 aromatic rings. The minimum Gasteiger partial charge on any atom is -0.481 e. The first kappa shape index (κ1) is 11.8. The number of pyridine rings is 1. The molecule has 0 amide bonds. The summed E-state index contributed by atoms with van der Waals surface area (Å²) in [5.41, 5.74) is 1.30. The van der Waals surface area contributed by atoms with Crippen LogP contribution in [0.2, 0.25) is 0 Å². The third-order valence-electron chi connectivity index (χ3n) is 2.25. The topological polar surface area (TPSA) is 83.7 Å². The van der Waals surface area contributed by atoms with Gasteiger partial charge in [-0.25, -0.2) is 15.0 Å². The standard InChI is InChI=1S/C12H11N5O/c1-18-12-3-2-9(6-17-12)5-15-11-8-14-10(4-13)7-16-11/h2-3,6-8H,5H2,1H3,(H,15,16). The van der Waals surface area contributed by atoms with Crippen molar-refractivity contribution in [1.82, 2.24) is 15.0 Å². The lowest BCUT2D eigenvalue weighted by molar-refractivity contribution is 0.397. The summed E-state index contributed by atoms with van der Waals surface area (Å²) in [7, 11) is 1.58. The van der Waals surface area contributed by atoms with E-state index >= 15 is 0 Å². The molecule has 90 valence electrons. The summed E-state index contributed by atoms with van der Waals surface area (Å²) in [5, 5.41) is 11.7. The Morgan fingerprint density at radius 2 is 2.11 bits per heavy atom. The van der Waals surface area contributed by atoms with Crippen molar-refractivity contribution < 1.29 is 4.74 Å². The lowest BCUT2D eigenvalue weighted by atomic mass is 10.3. The van der Waals surface area contributed by atoms with Gasteiger partial charge in [0.2, 0.25) is 5.88 Å². The highest BCUT2D eigenvalue weighted by Crippen LogP contribution is 2.08. The molecule has 0 atom stereocenters. The largest absolute Gasteiger partial charge is 0.481 e. The second kappa shape index (κ2) is 5.59. The third-order valence-corrected chi connectivity index (χ3v) is 2.25.